The van der Waals surface area contributed by atoms with Crippen molar-refractivity contribution in [2.24, 2.45) is 0 Å². The van der Waals surface area contributed by atoms with E-state index in [2.05, 4.69) is 26.8 Å². The second-order valence-corrected chi connectivity index (χ2v) is 4.35. The van der Waals surface area contributed by atoms with Gasteiger partial charge in [-0.2, -0.15) is 0 Å². The van der Waals surface area contributed by atoms with Gasteiger partial charge in [0.2, 0.25) is 0 Å². The number of hydrogen-bond acceptors (Lipinski definition) is 2. The van der Waals surface area contributed by atoms with Crippen LogP contribution in [0.15, 0.2) is 53.0 Å². The Morgan fingerprint density at radius 1 is 1.00 bits per heavy atom. The standard InChI is InChI=1S/C13H12BrFN2/c14-13-10(5-4-8-12(13)15)9-16-17-11-6-2-1-3-7-11/h1-8,16-17H,9H2. The summed E-state index contributed by atoms with van der Waals surface area (Å²) >= 11 is 3.22. The van der Waals surface area contributed by atoms with Crippen molar-refractivity contribution in [1.29, 1.82) is 0 Å². The Bertz CT molecular complexity index is 488. The Morgan fingerprint density at radius 3 is 2.53 bits per heavy atom. The monoisotopic (exact) mass is 294 g/mol. The maximum Gasteiger partial charge on any atom is 0.137 e. The zero-order valence-corrected chi connectivity index (χ0v) is 10.7. The third-order valence-corrected chi connectivity index (χ3v) is 3.20. The molecule has 0 saturated heterocycles. The first-order valence-electron chi connectivity index (χ1n) is 5.24. The van der Waals surface area contributed by atoms with Crippen LogP contribution in [0.4, 0.5) is 10.1 Å². The van der Waals surface area contributed by atoms with Gasteiger partial charge in [-0.1, -0.05) is 30.3 Å². The normalized spacial score (nSPS) is 10.2. The van der Waals surface area contributed by atoms with Gasteiger partial charge in [-0.3, -0.25) is 0 Å². The molecule has 2 nitrogen and oxygen atoms in total. The number of para-hydroxylation sites is 1. The van der Waals surface area contributed by atoms with Crippen LogP contribution in [0, 0.1) is 5.82 Å². The molecule has 4 heteroatoms. The van der Waals surface area contributed by atoms with Crippen molar-refractivity contribution in [2.75, 3.05) is 5.43 Å². The smallest absolute Gasteiger partial charge is 0.137 e. The minimum atomic E-state index is -0.246. The van der Waals surface area contributed by atoms with Crippen molar-refractivity contribution in [3.05, 3.63) is 64.4 Å². The van der Waals surface area contributed by atoms with Gasteiger partial charge in [0.25, 0.3) is 0 Å². The summed E-state index contributed by atoms with van der Waals surface area (Å²) in [6.07, 6.45) is 0. The van der Waals surface area contributed by atoms with Crippen LogP contribution in [0.25, 0.3) is 0 Å². The summed E-state index contributed by atoms with van der Waals surface area (Å²) < 4.78 is 13.7. The number of hydrazine groups is 1. The van der Waals surface area contributed by atoms with E-state index >= 15 is 0 Å². The summed E-state index contributed by atoms with van der Waals surface area (Å²) in [6, 6.07) is 14.7. The van der Waals surface area contributed by atoms with Crippen molar-refractivity contribution in [3.63, 3.8) is 0 Å². The molecule has 0 spiro atoms. The highest BCUT2D eigenvalue weighted by atomic mass is 79.9. The van der Waals surface area contributed by atoms with Gasteiger partial charge < -0.3 is 5.43 Å². The van der Waals surface area contributed by atoms with Crippen LogP contribution in [0.2, 0.25) is 0 Å². The van der Waals surface area contributed by atoms with E-state index in [4.69, 9.17) is 0 Å². The molecule has 2 aromatic carbocycles. The molecule has 0 amide bonds. The molecule has 0 fully saturated rings. The Labute approximate surface area is 108 Å². The molecule has 2 N–H and O–H groups in total. The van der Waals surface area contributed by atoms with E-state index in [1.54, 1.807) is 6.07 Å². The maximum absolute atomic E-state index is 13.2. The third-order valence-electron chi connectivity index (χ3n) is 2.32. The fraction of sp³-hybridized carbons (Fsp3) is 0.0769. The summed E-state index contributed by atoms with van der Waals surface area (Å²) in [5.41, 5.74) is 7.93. The largest absolute Gasteiger partial charge is 0.321 e. The predicted octanol–water partition coefficient (Wildman–Crippen LogP) is 3.70. The fourth-order valence-corrected chi connectivity index (χ4v) is 1.85. The highest BCUT2D eigenvalue weighted by Crippen LogP contribution is 2.20. The molecule has 0 aliphatic rings. The van der Waals surface area contributed by atoms with Crippen molar-refractivity contribution < 1.29 is 4.39 Å². The summed E-state index contributed by atoms with van der Waals surface area (Å²) in [5, 5.41) is 0. The summed E-state index contributed by atoms with van der Waals surface area (Å²) in [6.45, 7) is 0.535. The van der Waals surface area contributed by atoms with E-state index in [0.29, 0.717) is 11.0 Å². The number of benzene rings is 2. The van der Waals surface area contributed by atoms with Gasteiger partial charge >= 0.3 is 0 Å². The van der Waals surface area contributed by atoms with Crippen LogP contribution in [-0.4, -0.2) is 0 Å². The molecule has 88 valence electrons. The van der Waals surface area contributed by atoms with Crippen molar-refractivity contribution >= 4 is 21.6 Å². The average molecular weight is 295 g/mol. The molecular formula is C13H12BrFN2. The lowest BCUT2D eigenvalue weighted by atomic mass is 10.2. The molecule has 0 heterocycles. The minimum absolute atomic E-state index is 0.246. The second-order valence-electron chi connectivity index (χ2n) is 3.56. The molecule has 0 radical (unpaired) electrons. The van der Waals surface area contributed by atoms with Gasteiger partial charge in [0.1, 0.15) is 5.82 Å². The van der Waals surface area contributed by atoms with Crippen LogP contribution >= 0.6 is 15.9 Å². The molecule has 0 aromatic heterocycles. The Kier molecular flexibility index (Phi) is 4.12. The lowest BCUT2D eigenvalue weighted by Crippen LogP contribution is -2.21. The summed E-state index contributed by atoms with van der Waals surface area (Å²) in [7, 11) is 0. The second kappa shape index (κ2) is 5.80. The zero-order chi connectivity index (χ0) is 12.1. The van der Waals surface area contributed by atoms with E-state index in [1.165, 1.54) is 6.07 Å². The molecule has 2 aromatic rings. The van der Waals surface area contributed by atoms with Crippen LogP contribution in [-0.2, 0) is 6.54 Å². The highest BCUT2D eigenvalue weighted by Gasteiger charge is 2.03. The molecule has 0 aliphatic carbocycles. The Balaban J connectivity index is 1.93. The summed E-state index contributed by atoms with van der Waals surface area (Å²) in [4.78, 5) is 0. The molecule has 0 aliphatic heterocycles. The molecule has 17 heavy (non-hydrogen) atoms. The SMILES string of the molecule is Fc1cccc(CNNc2ccccc2)c1Br. The number of halogens is 2. The van der Waals surface area contributed by atoms with E-state index in [0.717, 1.165) is 11.3 Å². The van der Waals surface area contributed by atoms with Crippen LogP contribution in [0.1, 0.15) is 5.56 Å². The topological polar surface area (TPSA) is 24.1 Å². The van der Waals surface area contributed by atoms with Gasteiger partial charge in [0.05, 0.1) is 4.47 Å². The number of nitrogens with one attached hydrogen (secondary N) is 2. The molecule has 0 bridgehead atoms. The third kappa shape index (κ3) is 3.28. The van der Waals surface area contributed by atoms with Crippen LogP contribution in [0.5, 0.6) is 0 Å². The lowest BCUT2D eigenvalue weighted by Gasteiger charge is -2.09. The van der Waals surface area contributed by atoms with Crippen molar-refractivity contribution in [3.8, 4) is 0 Å². The zero-order valence-electron chi connectivity index (χ0n) is 9.08. The van der Waals surface area contributed by atoms with Gasteiger partial charge in [0, 0.05) is 12.2 Å². The highest BCUT2D eigenvalue weighted by molar-refractivity contribution is 9.10. The van der Waals surface area contributed by atoms with Crippen LogP contribution < -0.4 is 10.9 Å². The molecule has 2 rings (SSSR count). The molecule has 0 unspecified atom stereocenters. The van der Waals surface area contributed by atoms with Crippen molar-refractivity contribution in [1.82, 2.24) is 5.43 Å². The first-order chi connectivity index (χ1) is 8.27. The van der Waals surface area contributed by atoms with Gasteiger partial charge in [0.15, 0.2) is 0 Å². The number of anilines is 1. The first kappa shape index (κ1) is 12.1. The van der Waals surface area contributed by atoms with E-state index in [1.807, 2.05) is 36.4 Å². The van der Waals surface area contributed by atoms with E-state index < -0.39 is 0 Å². The Hall–Kier alpha value is -1.39. The minimum Gasteiger partial charge on any atom is -0.321 e. The predicted molar refractivity (Wildman–Crippen MR) is 71.0 cm³/mol. The molecular weight excluding hydrogens is 283 g/mol. The van der Waals surface area contributed by atoms with Crippen LogP contribution in [0.3, 0.4) is 0 Å². The number of rotatable bonds is 4. The van der Waals surface area contributed by atoms with E-state index in [9.17, 15) is 4.39 Å². The fourth-order valence-electron chi connectivity index (χ4n) is 1.45. The van der Waals surface area contributed by atoms with Gasteiger partial charge in [-0.25, -0.2) is 9.82 Å². The number of hydrogen-bond donors (Lipinski definition) is 2. The van der Waals surface area contributed by atoms with E-state index in [-0.39, 0.29) is 5.82 Å². The average Bonchev–Trinajstić information content (AvgIpc) is 2.36. The Morgan fingerprint density at radius 2 is 1.76 bits per heavy atom. The molecule has 0 atom stereocenters. The molecule has 0 saturated carbocycles. The van der Waals surface area contributed by atoms with Gasteiger partial charge in [-0.05, 0) is 39.7 Å². The first-order valence-corrected chi connectivity index (χ1v) is 6.03. The quantitative estimate of drug-likeness (QED) is 0.840. The lowest BCUT2D eigenvalue weighted by molar-refractivity contribution is 0.616. The van der Waals surface area contributed by atoms with Crippen molar-refractivity contribution in [2.45, 2.75) is 6.54 Å². The van der Waals surface area contributed by atoms with Gasteiger partial charge in [-0.15, -0.1) is 0 Å². The summed E-state index contributed by atoms with van der Waals surface area (Å²) in [5.74, 6) is -0.246. The maximum atomic E-state index is 13.2.